The normalized spacial score (nSPS) is 24.0. The average Bonchev–Trinajstić information content (AvgIpc) is 2.84. The van der Waals surface area contributed by atoms with Crippen LogP contribution in [0.15, 0.2) is 29.2 Å². The number of anilines is 1. The zero-order valence-corrected chi connectivity index (χ0v) is 18.8. The molecule has 1 amide bonds. The van der Waals surface area contributed by atoms with Crippen molar-refractivity contribution in [2.45, 2.75) is 38.5 Å². The first-order valence-corrected chi connectivity index (χ1v) is 12.8. The highest BCUT2D eigenvalue weighted by atomic mass is 32.2. The SMILES string of the molecule is CCOC(=O)[C@H]1CCCN(S(=O)(=O)c2ccc(N3C(=O)C(C)(C)CS3(=O)=O)cc2)C1. The molecule has 2 aliphatic rings. The van der Waals surface area contributed by atoms with E-state index < -0.39 is 43.3 Å². The number of benzene rings is 1. The molecule has 0 radical (unpaired) electrons. The van der Waals surface area contributed by atoms with E-state index in [4.69, 9.17) is 4.74 Å². The standard InChI is InChI=1S/C19H26N2O7S2/c1-4-28-17(22)14-6-5-11-20(12-14)30(26,27)16-9-7-15(8-10-16)21-18(23)19(2,3)13-29(21,24)25/h7-10,14H,4-6,11-13H2,1-3H3/t14-/m0/s1. The molecular formula is C19H26N2O7S2. The predicted octanol–water partition coefficient (Wildman–Crippen LogP) is 1.35. The molecule has 1 atom stereocenters. The molecule has 0 bridgehead atoms. The summed E-state index contributed by atoms with van der Waals surface area (Å²) in [6, 6.07) is 5.20. The number of carbonyl (C=O) groups excluding carboxylic acids is 2. The van der Waals surface area contributed by atoms with E-state index in [0.717, 1.165) is 4.31 Å². The van der Waals surface area contributed by atoms with Gasteiger partial charge >= 0.3 is 5.97 Å². The number of ether oxygens (including phenoxy) is 1. The zero-order valence-electron chi connectivity index (χ0n) is 17.2. The van der Waals surface area contributed by atoms with Crippen LogP contribution in [0.3, 0.4) is 0 Å². The molecule has 0 N–H and O–H groups in total. The van der Waals surface area contributed by atoms with Crippen molar-refractivity contribution in [3.8, 4) is 0 Å². The van der Waals surface area contributed by atoms with E-state index in [-0.39, 0.29) is 36.0 Å². The summed E-state index contributed by atoms with van der Waals surface area (Å²) in [5.74, 6) is -1.77. The van der Waals surface area contributed by atoms with Crippen LogP contribution in [0.4, 0.5) is 5.69 Å². The van der Waals surface area contributed by atoms with Crippen LogP contribution in [0.5, 0.6) is 0 Å². The van der Waals surface area contributed by atoms with Crippen LogP contribution in [-0.2, 0) is 34.4 Å². The summed E-state index contributed by atoms with van der Waals surface area (Å²) >= 11 is 0. The maximum Gasteiger partial charge on any atom is 0.310 e. The van der Waals surface area contributed by atoms with Gasteiger partial charge in [-0.1, -0.05) is 0 Å². The Morgan fingerprint density at radius 1 is 1.23 bits per heavy atom. The summed E-state index contributed by atoms with van der Waals surface area (Å²) in [6.45, 7) is 5.37. The van der Waals surface area contributed by atoms with Gasteiger partial charge in [-0.2, -0.15) is 4.31 Å². The van der Waals surface area contributed by atoms with Gasteiger partial charge in [-0.15, -0.1) is 0 Å². The molecule has 0 spiro atoms. The highest BCUT2D eigenvalue weighted by molar-refractivity contribution is 7.94. The van der Waals surface area contributed by atoms with Crippen LogP contribution in [-0.4, -0.2) is 58.5 Å². The van der Waals surface area contributed by atoms with Crippen molar-refractivity contribution in [2.24, 2.45) is 11.3 Å². The molecule has 0 aromatic heterocycles. The Morgan fingerprint density at radius 2 is 1.87 bits per heavy atom. The molecule has 2 saturated heterocycles. The van der Waals surface area contributed by atoms with E-state index in [9.17, 15) is 26.4 Å². The Kier molecular flexibility index (Phi) is 6.00. The van der Waals surface area contributed by atoms with E-state index in [1.165, 1.54) is 28.6 Å². The van der Waals surface area contributed by atoms with Gasteiger partial charge in [0.25, 0.3) is 0 Å². The zero-order chi connectivity index (χ0) is 22.3. The number of sulfonamides is 2. The third-order valence-electron chi connectivity index (χ3n) is 5.30. The summed E-state index contributed by atoms with van der Waals surface area (Å²) in [6.07, 6.45) is 1.10. The Morgan fingerprint density at radius 3 is 2.40 bits per heavy atom. The first-order valence-electron chi connectivity index (χ1n) is 9.74. The molecule has 9 nitrogen and oxygen atoms in total. The van der Waals surface area contributed by atoms with Gasteiger partial charge in [0, 0.05) is 13.1 Å². The number of nitrogens with zero attached hydrogens (tertiary/aromatic N) is 2. The molecule has 1 aromatic rings. The molecule has 1 aromatic carbocycles. The summed E-state index contributed by atoms with van der Waals surface area (Å²) < 4.78 is 57.8. The fourth-order valence-electron chi connectivity index (χ4n) is 3.78. The van der Waals surface area contributed by atoms with E-state index in [0.29, 0.717) is 12.8 Å². The Hall–Kier alpha value is -1.98. The van der Waals surface area contributed by atoms with Gasteiger partial charge in [-0.3, -0.25) is 9.59 Å². The maximum absolute atomic E-state index is 13.0. The molecular weight excluding hydrogens is 432 g/mol. The van der Waals surface area contributed by atoms with E-state index in [1.54, 1.807) is 20.8 Å². The topological polar surface area (TPSA) is 118 Å². The molecule has 2 fully saturated rings. The molecule has 11 heteroatoms. The molecule has 3 rings (SSSR count). The lowest BCUT2D eigenvalue weighted by Gasteiger charge is -2.30. The second-order valence-electron chi connectivity index (χ2n) is 8.16. The van der Waals surface area contributed by atoms with Crippen LogP contribution in [0.2, 0.25) is 0 Å². The molecule has 30 heavy (non-hydrogen) atoms. The van der Waals surface area contributed by atoms with Gasteiger partial charge < -0.3 is 4.74 Å². The molecule has 2 heterocycles. The van der Waals surface area contributed by atoms with Crippen molar-refractivity contribution >= 4 is 37.6 Å². The van der Waals surface area contributed by atoms with Crippen molar-refractivity contribution in [2.75, 3.05) is 29.8 Å². The summed E-state index contributed by atoms with van der Waals surface area (Å²) in [5.41, 5.74) is -0.938. The average molecular weight is 459 g/mol. The van der Waals surface area contributed by atoms with Gasteiger partial charge in [-0.05, 0) is 57.9 Å². The van der Waals surface area contributed by atoms with Gasteiger partial charge in [0.2, 0.25) is 26.0 Å². The smallest absolute Gasteiger partial charge is 0.310 e. The first-order chi connectivity index (χ1) is 13.9. The molecule has 0 aliphatic carbocycles. The minimum absolute atomic E-state index is 0.0286. The van der Waals surface area contributed by atoms with Crippen molar-refractivity contribution in [3.63, 3.8) is 0 Å². The number of carbonyl (C=O) groups is 2. The van der Waals surface area contributed by atoms with E-state index in [1.807, 2.05) is 0 Å². The van der Waals surface area contributed by atoms with Gasteiger partial charge in [-0.25, -0.2) is 21.1 Å². The lowest BCUT2D eigenvalue weighted by molar-refractivity contribution is -0.149. The quantitative estimate of drug-likeness (QED) is 0.611. The third-order valence-corrected chi connectivity index (χ3v) is 9.20. The lowest BCUT2D eigenvalue weighted by Crippen LogP contribution is -2.42. The summed E-state index contributed by atoms with van der Waals surface area (Å²) in [4.78, 5) is 24.5. The summed E-state index contributed by atoms with van der Waals surface area (Å²) in [7, 11) is -7.69. The minimum atomic E-state index is -3.88. The van der Waals surface area contributed by atoms with E-state index >= 15 is 0 Å². The van der Waals surface area contributed by atoms with Gasteiger partial charge in [0.1, 0.15) is 0 Å². The fourth-order valence-corrected chi connectivity index (χ4v) is 7.41. The fraction of sp³-hybridized carbons (Fsp3) is 0.579. The number of hydrogen-bond acceptors (Lipinski definition) is 7. The number of rotatable bonds is 5. The third kappa shape index (κ3) is 4.10. The second-order valence-corrected chi connectivity index (χ2v) is 11.9. The van der Waals surface area contributed by atoms with Crippen LogP contribution in [0, 0.1) is 11.3 Å². The molecule has 0 unspecified atom stereocenters. The predicted molar refractivity (Wildman–Crippen MR) is 110 cm³/mol. The monoisotopic (exact) mass is 458 g/mol. The molecule has 166 valence electrons. The van der Waals surface area contributed by atoms with Gasteiger partial charge in [0.15, 0.2) is 0 Å². The molecule has 2 aliphatic heterocycles. The van der Waals surface area contributed by atoms with Crippen molar-refractivity contribution < 1.29 is 31.2 Å². The maximum atomic E-state index is 13.0. The lowest BCUT2D eigenvalue weighted by atomic mass is 9.95. The van der Waals surface area contributed by atoms with Crippen LogP contribution in [0.25, 0.3) is 0 Å². The second kappa shape index (κ2) is 7.93. The molecule has 0 saturated carbocycles. The van der Waals surface area contributed by atoms with Gasteiger partial charge in [0.05, 0.1) is 34.3 Å². The largest absolute Gasteiger partial charge is 0.466 e. The highest BCUT2D eigenvalue weighted by Gasteiger charge is 2.50. The van der Waals surface area contributed by atoms with Crippen LogP contribution in [0.1, 0.15) is 33.6 Å². The summed E-state index contributed by atoms with van der Waals surface area (Å²) in [5, 5.41) is 0. The van der Waals surface area contributed by atoms with Crippen molar-refractivity contribution in [3.05, 3.63) is 24.3 Å². The number of hydrogen-bond donors (Lipinski definition) is 0. The number of esters is 1. The van der Waals surface area contributed by atoms with Crippen molar-refractivity contribution in [1.82, 2.24) is 4.31 Å². The Bertz CT molecular complexity index is 1050. The van der Waals surface area contributed by atoms with Crippen molar-refractivity contribution in [1.29, 1.82) is 0 Å². The van der Waals surface area contributed by atoms with Crippen LogP contribution < -0.4 is 4.31 Å². The highest BCUT2D eigenvalue weighted by Crippen LogP contribution is 2.36. The Labute approximate surface area is 177 Å². The minimum Gasteiger partial charge on any atom is -0.466 e. The first kappa shape index (κ1) is 22.7. The number of amides is 1. The Balaban J connectivity index is 1.83. The van der Waals surface area contributed by atoms with E-state index in [2.05, 4.69) is 0 Å². The van der Waals surface area contributed by atoms with Crippen LogP contribution >= 0.6 is 0 Å². The number of piperidine rings is 1.